The monoisotopic (exact) mass is 112 g/mol. The number of carbonyl (C=O) groups excluding carboxylic acids is 1. The number of rotatable bonds is 1. The Bertz CT molecular complexity index is 56.9. The van der Waals surface area contributed by atoms with E-state index >= 15 is 0 Å². The van der Waals surface area contributed by atoms with Crippen LogP contribution in [0.4, 0.5) is 4.79 Å². The largest absolute Gasteiger partial charge is 1.00 e. The van der Waals surface area contributed by atoms with Gasteiger partial charge in [0, 0.05) is 0 Å². The summed E-state index contributed by atoms with van der Waals surface area (Å²) in [5.41, 5.74) is 4.54. The summed E-state index contributed by atoms with van der Waals surface area (Å²) in [4.78, 5) is 9.60. The molecule has 0 aromatic rings. The van der Waals surface area contributed by atoms with Gasteiger partial charge in [0.15, 0.2) is 0 Å². The van der Waals surface area contributed by atoms with Gasteiger partial charge in [-0.3, -0.25) is 0 Å². The molecule has 0 aliphatic rings. The van der Waals surface area contributed by atoms with Gasteiger partial charge in [-0.25, -0.2) is 4.79 Å². The molecule has 0 radical (unpaired) electrons. The minimum absolute atomic E-state index is 0. The first kappa shape index (κ1) is 10.3. The van der Waals surface area contributed by atoms with Gasteiger partial charge in [0.1, 0.15) is 0 Å². The smallest absolute Gasteiger partial charge is 0.450 e. The van der Waals surface area contributed by atoms with Crippen molar-refractivity contribution in [3.8, 4) is 0 Å². The fourth-order valence-electron chi connectivity index (χ4n) is 0.142. The van der Waals surface area contributed by atoms with Crippen LogP contribution in [0.1, 0.15) is 6.92 Å². The maximum absolute atomic E-state index is 9.60. The van der Waals surface area contributed by atoms with E-state index in [-0.39, 0.29) is 29.6 Å². The Kier molecular flexibility index (Phi) is 9.22. The molecule has 0 saturated carbocycles. The second-order valence-corrected chi connectivity index (χ2v) is 0.752. The Hall–Kier alpha value is 0.270. The zero-order valence-corrected chi connectivity index (χ0v) is 6.60. The van der Waals surface area contributed by atoms with E-state index in [2.05, 4.69) is 10.5 Å². The van der Waals surface area contributed by atoms with Gasteiger partial charge < -0.3 is 10.5 Å². The number of carbonyl (C=O) groups is 1. The fraction of sp³-hybridized carbons (Fsp3) is 0.667. The molecule has 0 aromatic heterocycles. The Morgan fingerprint density at radius 1 is 1.86 bits per heavy atom. The number of primary amides is 1. The van der Waals surface area contributed by atoms with Crippen molar-refractivity contribution in [2.75, 3.05) is 6.61 Å². The van der Waals surface area contributed by atoms with E-state index in [9.17, 15) is 4.79 Å². The van der Waals surface area contributed by atoms with Crippen molar-refractivity contribution in [1.29, 1.82) is 0 Å². The third-order valence-electron chi connectivity index (χ3n) is 0.287. The van der Waals surface area contributed by atoms with Gasteiger partial charge >= 0.3 is 35.7 Å². The van der Waals surface area contributed by atoms with E-state index in [1.54, 1.807) is 6.92 Å². The van der Waals surface area contributed by atoms with E-state index < -0.39 is 6.09 Å². The normalized spacial score (nSPS) is 6.43. The summed E-state index contributed by atoms with van der Waals surface area (Å²) >= 11 is 0. The summed E-state index contributed by atoms with van der Waals surface area (Å²) in [6, 6.07) is 0. The van der Waals surface area contributed by atoms with Crippen LogP contribution in [0, 0.1) is 0 Å². The Morgan fingerprint density at radius 3 is 2.29 bits per heavy atom. The predicted molar refractivity (Wildman–Crippen MR) is 21.2 cm³/mol. The summed E-state index contributed by atoms with van der Waals surface area (Å²) in [6.45, 7) is 2.06. The van der Waals surface area contributed by atoms with Crippen LogP contribution in [-0.4, -0.2) is 12.7 Å². The van der Waals surface area contributed by atoms with Gasteiger partial charge in [0.25, 0.3) is 0 Å². The van der Waals surface area contributed by atoms with Gasteiger partial charge in [-0.05, 0) is 6.92 Å². The van der Waals surface area contributed by atoms with E-state index in [1.165, 1.54) is 0 Å². The molecule has 7 heavy (non-hydrogen) atoms. The van der Waals surface area contributed by atoms with E-state index in [4.69, 9.17) is 0 Å². The van der Waals surface area contributed by atoms with Gasteiger partial charge in [0.2, 0.25) is 0 Å². The number of hydrogen-bond donors (Lipinski definition) is 1. The summed E-state index contributed by atoms with van der Waals surface area (Å²) in [6.07, 6.45) is -0.711. The van der Waals surface area contributed by atoms with Gasteiger partial charge in [0.05, 0.1) is 6.61 Å². The first-order valence-electron chi connectivity index (χ1n) is 1.69. The summed E-state index contributed by atoms with van der Waals surface area (Å²) in [5, 5.41) is 0. The summed E-state index contributed by atoms with van der Waals surface area (Å²) in [5.74, 6) is 0. The Balaban J connectivity index is 0. The SMILES string of the molecule is CCOC(N)=O.[Na+]. The van der Waals surface area contributed by atoms with Crippen molar-refractivity contribution in [2.45, 2.75) is 6.92 Å². The molecular weight excluding hydrogens is 105 g/mol. The molecular formula is C3H7NNaO2+. The zero-order valence-electron chi connectivity index (χ0n) is 4.60. The molecule has 0 atom stereocenters. The van der Waals surface area contributed by atoms with Crippen molar-refractivity contribution in [1.82, 2.24) is 0 Å². The van der Waals surface area contributed by atoms with E-state index in [1.807, 2.05) is 0 Å². The first-order chi connectivity index (χ1) is 2.77. The molecule has 0 saturated heterocycles. The van der Waals surface area contributed by atoms with Crippen LogP contribution in [0.25, 0.3) is 0 Å². The molecule has 36 valence electrons. The number of nitrogens with two attached hydrogens (primary N) is 1. The maximum atomic E-state index is 9.60. The van der Waals surface area contributed by atoms with Gasteiger partial charge in [-0.2, -0.15) is 0 Å². The minimum Gasteiger partial charge on any atom is -0.450 e. The molecule has 0 bridgehead atoms. The van der Waals surface area contributed by atoms with E-state index in [0.717, 1.165) is 0 Å². The Morgan fingerprint density at radius 2 is 2.29 bits per heavy atom. The maximum Gasteiger partial charge on any atom is 1.00 e. The third-order valence-corrected chi connectivity index (χ3v) is 0.287. The van der Waals surface area contributed by atoms with Crippen LogP contribution in [0.2, 0.25) is 0 Å². The van der Waals surface area contributed by atoms with Gasteiger partial charge in [-0.15, -0.1) is 0 Å². The van der Waals surface area contributed by atoms with Crippen LogP contribution in [0.5, 0.6) is 0 Å². The molecule has 0 aliphatic heterocycles. The molecule has 0 aliphatic carbocycles. The molecule has 2 N–H and O–H groups in total. The average Bonchev–Trinajstić information content (AvgIpc) is 1.35. The second kappa shape index (κ2) is 6.27. The summed E-state index contributed by atoms with van der Waals surface area (Å²) in [7, 11) is 0. The molecule has 0 aromatic carbocycles. The standard InChI is InChI=1S/C3H7NO2.Na/c1-2-6-3(4)5;/h2H2,1H3,(H2,4,5);/q;+1. The van der Waals surface area contributed by atoms with Crippen molar-refractivity contribution in [3.63, 3.8) is 0 Å². The van der Waals surface area contributed by atoms with Crippen LogP contribution < -0.4 is 35.3 Å². The molecule has 0 unspecified atom stereocenters. The molecule has 0 spiro atoms. The first-order valence-corrected chi connectivity index (χ1v) is 1.69. The quantitative estimate of drug-likeness (QED) is 0.370. The number of hydrogen-bond acceptors (Lipinski definition) is 2. The predicted octanol–water partition coefficient (Wildman–Crippen LogP) is -2.89. The van der Waals surface area contributed by atoms with E-state index in [0.29, 0.717) is 6.61 Å². The van der Waals surface area contributed by atoms with Crippen molar-refractivity contribution >= 4 is 6.09 Å². The number of amides is 1. The van der Waals surface area contributed by atoms with Gasteiger partial charge in [-0.1, -0.05) is 0 Å². The minimum atomic E-state index is -0.711. The third kappa shape index (κ3) is 10.7. The van der Waals surface area contributed by atoms with Crippen molar-refractivity contribution in [2.24, 2.45) is 5.73 Å². The average molecular weight is 112 g/mol. The molecule has 1 amide bonds. The fourth-order valence-corrected chi connectivity index (χ4v) is 0.142. The molecule has 3 nitrogen and oxygen atoms in total. The second-order valence-electron chi connectivity index (χ2n) is 0.752. The van der Waals surface area contributed by atoms with Crippen LogP contribution in [-0.2, 0) is 4.74 Å². The van der Waals surface area contributed by atoms with Crippen LogP contribution in [0.3, 0.4) is 0 Å². The molecule has 0 heterocycles. The molecule has 0 fully saturated rings. The van der Waals surface area contributed by atoms with Crippen molar-refractivity contribution in [3.05, 3.63) is 0 Å². The molecule has 4 heteroatoms. The van der Waals surface area contributed by atoms with Crippen LogP contribution >= 0.6 is 0 Å². The van der Waals surface area contributed by atoms with Crippen molar-refractivity contribution < 1.29 is 39.1 Å². The number of ether oxygens (including phenoxy) is 1. The Labute approximate surface area is 64.5 Å². The molecule has 0 rings (SSSR count). The van der Waals surface area contributed by atoms with Crippen LogP contribution in [0.15, 0.2) is 0 Å². The zero-order chi connectivity index (χ0) is 4.99. The topological polar surface area (TPSA) is 52.3 Å². The summed E-state index contributed by atoms with van der Waals surface area (Å²) < 4.78 is 4.18.